The molecule has 1 amide bonds. The van der Waals surface area contributed by atoms with Crippen LogP contribution in [0.3, 0.4) is 0 Å². The number of amides is 1. The van der Waals surface area contributed by atoms with Gasteiger partial charge in [0.25, 0.3) is 0 Å². The highest BCUT2D eigenvalue weighted by molar-refractivity contribution is 7.89. The maximum absolute atomic E-state index is 13.3. The maximum atomic E-state index is 13.3. The topological polar surface area (TPSA) is 79.6 Å². The Bertz CT molecular complexity index is 911. The molecule has 1 aromatic heterocycles. The number of carbonyl (C=O) groups is 1. The third-order valence-corrected chi connectivity index (χ3v) is 7.95. The maximum Gasteiger partial charge on any atom is 0.228 e. The van der Waals surface area contributed by atoms with Crippen molar-refractivity contribution in [3.63, 3.8) is 0 Å². The number of rotatable bonds is 5. The van der Waals surface area contributed by atoms with E-state index in [1.807, 2.05) is 36.4 Å². The molecule has 4 rings (SSSR count). The molecule has 1 aliphatic heterocycles. The Kier molecular flexibility index (Phi) is 5.29. The Balaban J connectivity index is 1.60. The summed E-state index contributed by atoms with van der Waals surface area (Å²) in [7, 11) is -3.39. The number of hydrogen-bond donors (Lipinski definition) is 1. The number of fused-ring (bicyclic) bond motifs is 1. The highest BCUT2D eigenvalue weighted by atomic mass is 32.2. The molecule has 2 aromatic rings. The summed E-state index contributed by atoms with van der Waals surface area (Å²) in [6.45, 7) is 0.646. The third-order valence-electron chi connectivity index (χ3n) is 6.14. The van der Waals surface area contributed by atoms with E-state index in [9.17, 15) is 13.2 Å². The Morgan fingerprint density at radius 3 is 2.71 bits per heavy atom. The Morgan fingerprint density at radius 2 is 1.96 bits per heavy atom. The predicted molar refractivity (Wildman–Crippen MR) is 106 cm³/mol. The first-order valence-corrected chi connectivity index (χ1v) is 11.5. The van der Waals surface area contributed by atoms with E-state index in [0.29, 0.717) is 25.3 Å². The molecule has 2 aliphatic rings. The molecular weight excluding hydrogens is 376 g/mol. The Hall–Kier alpha value is -2.12. The standard InChI is InChI=1S/C21H26N2O4S/c24-20(22-15-18-9-6-13-27-18)21-11-5-4-10-19(21)23(28(25,26)14-12-21)16-17-7-2-1-3-8-17/h1-3,6-9,13,19H,4-5,10-12,14-16H2,(H,22,24)/t19-,21-/m1/s1. The zero-order valence-electron chi connectivity index (χ0n) is 15.8. The molecule has 0 radical (unpaired) electrons. The van der Waals surface area contributed by atoms with Gasteiger partial charge in [-0.2, -0.15) is 4.31 Å². The fourth-order valence-electron chi connectivity index (χ4n) is 4.66. The van der Waals surface area contributed by atoms with Crippen LogP contribution in [-0.4, -0.2) is 30.4 Å². The molecule has 0 unspecified atom stereocenters. The van der Waals surface area contributed by atoms with Gasteiger partial charge in [0.2, 0.25) is 15.9 Å². The number of sulfonamides is 1. The van der Waals surface area contributed by atoms with Crippen LogP contribution in [0.15, 0.2) is 53.1 Å². The number of nitrogens with one attached hydrogen (secondary N) is 1. The summed E-state index contributed by atoms with van der Waals surface area (Å²) in [6.07, 6.45) is 5.30. The lowest BCUT2D eigenvalue weighted by Gasteiger charge is -2.50. The van der Waals surface area contributed by atoms with Crippen LogP contribution < -0.4 is 5.32 Å². The van der Waals surface area contributed by atoms with E-state index in [4.69, 9.17) is 4.42 Å². The average Bonchev–Trinajstić information content (AvgIpc) is 3.23. The van der Waals surface area contributed by atoms with Crippen LogP contribution in [0, 0.1) is 5.41 Å². The van der Waals surface area contributed by atoms with Crippen molar-refractivity contribution in [3.05, 3.63) is 60.1 Å². The molecule has 0 bridgehead atoms. The van der Waals surface area contributed by atoms with E-state index >= 15 is 0 Å². The summed E-state index contributed by atoms with van der Waals surface area (Å²) in [5.41, 5.74) is 0.286. The summed E-state index contributed by atoms with van der Waals surface area (Å²) >= 11 is 0. The Morgan fingerprint density at radius 1 is 1.14 bits per heavy atom. The highest BCUT2D eigenvalue weighted by Gasteiger charge is 2.55. The quantitative estimate of drug-likeness (QED) is 0.834. The summed E-state index contributed by atoms with van der Waals surface area (Å²) < 4.78 is 32.8. The van der Waals surface area contributed by atoms with Gasteiger partial charge in [-0.05, 0) is 37.0 Å². The van der Waals surface area contributed by atoms with Gasteiger partial charge >= 0.3 is 0 Å². The molecule has 1 aromatic carbocycles. The first kappa shape index (κ1) is 19.2. The molecule has 2 fully saturated rings. The zero-order chi connectivity index (χ0) is 19.6. The fraction of sp³-hybridized carbons (Fsp3) is 0.476. The summed E-state index contributed by atoms with van der Waals surface area (Å²) in [6, 6.07) is 12.9. The minimum atomic E-state index is -3.39. The lowest BCUT2D eigenvalue weighted by atomic mass is 9.67. The SMILES string of the molecule is O=C(NCc1ccco1)[C@@]12CCCC[C@H]1N(Cc1ccccc1)S(=O)(=O)CC2. The van der Waals surface area contributed by atoms with Gasteiger partial charge < -0.3 is 9.73 Å². The molecule has 6 nitrogen and oxygen atoms in total. The van der Waals surface area contributed by atoms with Gasteiger partial charge in [0, 0.05) is 12.6 Å². The van der Waals surface area contributed by atoms with Crippen LogP contribution >= 0.6 is 0 Å². The summed E-state index contributed by atoms with van der Waals surface area (Å²) in [4.78, 5) is 13.3. The van der Waals surface area contributed by atoms with Crippen LogP contribution in [0.25, 0.3) is 0 Å². The molecule has 7 heteroatoms. The third kappa shape index (κ3) is 3.61. The van der Waals surface area contributed by atoms with Gasteiger partial charge in [-0.25, -0.2) is 8.42 Å². The second-order valence-corrected chi connectivity index (χ2v) is 9.82. The van der Waals surface area contributed by atoms with Gasteiger partial charge in [-0.3, -0.25) is 4.79 Å². The number of hydrogen-bond acceptors (Lipinski definition) is 4. The van der Waals surface area contributed by atoms with Gasteiger partial charge in [0.15, 0.2) is 0 Å². The average molecular weight is 403 g/mol. The highest BCUT2D eigenvalue weighted by Crippen LogP contribution is 2.47. The fourth-order valence-corrected chi connectivity index (χ4v) is 6.56. The molecule has 2 heterocycles. The largest absolute Gasteiger partial charge is 0.467 e. The van der Waals surface area contributed by atoms with Gasteiger partial charge in [0.1, 0.15) is 5.76 Å². The van der Waals surface area contributed by atoms with Crippen molar-refractivity contribution in [1.29, 1.82) is 0 Å². The van der Waals surface area contributed by atoms with Gasteiger partial charge in [-0.15, -0.1) is 0 Å². The number of carbonyl (C=O) groups excluding carboxylic acids is 1. The molecule has 150 valence electrons. The summed E-state index contributed by atoms with van der Waals surface area (Å²) in [5, 5.41) is 3.00. The van der Waals surface area contributed by atoms with Crippen molar-refractivity contribution >= 4 is 15.9 Å². The van der Waals surface area contributed by atoms with Gasteiger partial charge in [-0.1, -0.05) is 43.2 Å². The smallest absolute Gasteiger partial charge is 0.228 e. The van der Waals surface area contributed by atoms with Crippen molar-refractivity contribution in [2.24, 2.45) is 5.41 Å². The molecule has 1 N–H and O–H groups in total. The second kappa shape index (κ2) is 7.72. The van der Waals surface area contributed by atoms with Crippen molar-refractivity contribution in [2.45, 2.75) is 51.2 Å². The molecular formula is C21H26N2O4S. The van der Waals surface area contributed by atoms with E-state index in [0.717, 1.165) is 31.2 Å². The number of nitrogens with zero attached hydrogens (tertiary/aromatic N) is 1. The molecule has 2 atom stereocenters. The van der Waals surface area contributed by atoms with Crippen LogP contribution in [-0.2, 0) is 27.9 Å². The normalized spacial score (nSPS) is 27.1. The van der Waals surface area contributed by atoms with Crippen LogP contribution in [0.4, 0.5) is 0 Å². The Labute approximate surface area is 166 Å². The minimum absolute atomic E-state index is 0.0184. The minimum Gasteiger partial charge on any atom is -0.467 e. The van der Waals surface area contributed by atoms with E-state index in [1.165, 1.54) is 0 Å². The van der Waals surface area contributed by atoms with E-state index in [1.54, 1.807) is 16.6 Å². The van der Waals surface area contributed by atoms with Crippen LogP contribution in [0.5, 0.6) is 0 Å². The van der Waals surface area contributed by atoms with Crippen molar-refractivity contribution in [3.8, 4) is 0 Å². The van der Waals surface area contributed by atoms with E-state index < -0.39 is 15.4 Å². The lowest BCUT2D eigenvalue weighted by molar-refractivity contribution is -0.138. The van der Waals surface area contributed by atoms with Crippen LogP contribution in [0.1, 0.15) is 43.4 Å². The molecule has 1 saturated heterocycles. The van der Waals surface area contributed by atoms with E-state index in [-0.39, 0.29) is 17.7 Å². The molecule has 0 spiro atoms. The summed E-state index contributed by atoms with van der Waals surface area (Å²) in [5.74, 6) is 0.660. The number of furan rings is 1. The number of benzene rings is 1. The molecule has 1 aliphatic carbocycles. The monoisotopic (exact) mass is 402 g/mol. The first-order valence-electron chi connectivity index (χ1n) is 9.85. The van der Waals surface area contributed by atoms with Gasteiger partial charge in [0.05, 0.1) is 24.0 Å². The zero-order valence-corrected chi connectivity index (χ0v) is 16.7. The van der Waals surface area contributed by atoms with Crippen molar-refractivity contribution in [1.82, 2.24) is 9.62 Å². The first-order chi connectivity index (χ1) is 13.5. The van der Waals surface area contributed by atoms with Crippen LogP contribution in [0.2, 0.25) is 0 Å². The second-order valence-electron chi connectivity index (χ2n) is 7.78. The lowest BCUT2D eigenvalue weighted by Crippen LogP contribution is -2.62. The predicted octanol–water partition coefficient (Wildman–Crippen LogP) is 3.06. The molecule has 1 saturated carbocycles. The van der Waals surface area contributed by atoms with Crippen molar-refractivity contribution < 1.29 is 17.6 Å². The molecule has 28 heavy (non-hydrogen) atoms. The van der Waals surface area contributed by atoms with E-state index in [2.05, 4.69) is 5.32 Å². The van der Waals surface area contributed by atoms with Crippen molar-refractivity contribution in [2.75, 3.05) is 5.75 Å².